The van der Waals surface area contributed by atoms with E-state index in [1.165, 1.54) is 5.56 Å². The second kappa shape index (κ2) is 8.56. The highest BCUT2D eigenvalue weighted by Gasteiger charge is 2.20. The highest BCUT2D eigenvalue weighted by atomic mass is 16.2. The number of anilines is 1. The van der Waals surface area contributed by atoms with E-state index in [9.17, 15) is 4.79 Å². The molecule has 5 heteroatoms. The van der Waals surface area contributed by atoms with Crippen LogP contribution in [-0.4, -0.2) is 25.0 Å². The van der Waals surface area contributed by atoms with Gasteiger partial charge < -0.3 is 16.4 Å². The Morgan fingerprint density at radius 2 is 1.87 bits per heavy atom. The number of benzene rings is 1. The van der Waals surface area contributed by atoms with Crippen molar-refractivity contribution in [2.45, 2.75) is 47.0 Å². The zero-order valence-corrected chi connectivity index (χ0v) is 14.9. The van der Waals surface area contributed by atoms with Gasteiger partial charge in [-0.05, 0) is 30.0 Å². The Morgan fingerprint density at radius 1 is 1.26 bits per heavy atom. The lowest BCUT2D eigenvalue weighted by Crippen LogP contribution is -2.36. The maximum absolute atomic E-state index is 11.7. The van der Waals surface area contributed by atoms with Crippen molar-refractivity contribution < 1.29 is 4.79 Å². The minimum atomic E-state index is -0.384. The monoisotopic (exact) mass is 318 g/mol. The van der Waals surface area contributed by atoms with Crippen molar-refractivity contribution in [1.29, 1.82) is 0 Å². The van der Waals surface area contributed by atoms with Gasteiger partial charge in [-0.25, -0.2) is 0 Å². The van der Waals surface area contributed by atoms with Crippen molar-refractivity contribution in [3.05, 3.63) is 29.8 Å². The zero-order chi connectivity index (χ0) is 17.5. The third kappa shape index (κ3) is 6.72. The quantitative estimate of drug-likeness (QED) is 0.428. The summed E-state index contributed by atoms with van der Waals surface area (Å²) in [4.78, 5) is 15.9. The summed E-state index contributed by atoms with van der Waals surface area (Å²) >= 11 is 0. The van der Waals surface area contributed by atoms with E-state index in [-0.39, 0.29) is 11.3 Å². The van der Waals surface area contributed by atoms with Gasteiger partial charge in [-0.3, -0.25) is 9.79 Å². The lowest BCUT2D eigenvalue weighted by molar-refractivity contribution is -0.128. The molecule has 1 rings (SSSR count). The lowest BCUT2D eigenvalue weighted by atomic mass is 9.96. The Bertz CT molecular complexity index is 529. The fraction of sp³-hybridized carbons (Fsp3) is 0.556. The Kier molecular flexibility index (Phi) is 7.07. The molecule has 1 amide bonds. The molecule has 0 heterocycles. The van der Waals surface area contributed by atoms with Gasteiger partial charge in [0.05, 0.1) is 6.54 Å². The van der Waals surface area contributed by atoms with Crippen LogP contribution in [0.4, 0.5) is 5.69 Å². The first-order valence-corrected chi connectivity index (χ1v) is 8.19. The zero-order valence-electron chi connectivity index (χ0n) is 14.9. The van der Waals surface area contributed by atoms with Gasteiger partial charge in [0, 0.05) is 17.6 Å². The minimum Gasteiger partial charge on any atom is -0.370 e. The molecule has 0 fully saturated rings. The summed E-state index contributed by atoms with van der Waals surface area (Å²) in [6, 6.07) is 8.22. The molecule has 0 aliphatic carbocycles. The number of nitrogens with zero attached hydrogens (tertiary/aromatic N) is 1. The van der Waals surface area contributed by atoms with Crippen molar-refractivity contribution in [2.75, 3.05) is 18.4 Å². The average Bonchev–Trinajstić information content (AvgIpc) is 2.50. The molecule has 1 atom stereocenters. The van der Waals surface area contributed by atoms with Gasteiger partial charge in [0.25, 0.3) is 0 Å². The highest BCUT2D eigenvalue weighted by molar-refractivity contribution is 5.92. The Labute approximate surface area is 139 Å². The third-order valence-corrected chi connectivity index (χ3v) is 3.73. The molecule has 4 N–H and O–H groups in total. The van der Waals surface area contributed by atoms with E-state index < -0.39 is 0 Å². The smallest absolute Gasteiger partial charge is 0.225 e. The summed E-state index contributed by atoms with van der Waals surface area (Å²) in [7, 11) is 0. The molecule has 0 radical (unpaired) electrons. The molecule has 0 saturated heterocycles. The third-order valence-electron chi connectivity index (χ3n) is 3.73. The number of amides is 1. The van der Waals surface area contributed by atoms with E-state index >= 15 is 0 Å². The van der Waals surface area contributed by atoms with Crippen LogP contribution in [-0.2, 0) is 4.79 Å². The molecule has 0 aromatic heterocycles. The lowest BCUT2D eigenvalue weighted by Gasteiger charge is -2.17. The SMILES string of the molecule is CCC(C)c1ccc(NC(N)=NCCNC(=O)C(C)(C)C)cc1. The standard InChI is InChI=1S/C18H30N4O/c1-6-13(2)14-7-9-15(10-8-14)22-17(19)21-12-11-20-16(23)18(3,4)5/h7-10,13H,6,11-12H2,1-5H3,(H,20,23)(H3,19,21,22). The molecule has 1 unspecified atom stereocenters. The van der Waals surface area contributed by atoms with Crippen molar-refractivity contribution >= 4 is 17.6 Å². The number of aliphatic imine (C=N–C) groups is 1. The molecule has 0 aliphatic heterocycles. The van der Waals surface area contributed by atoms with Crippen LogP contribution in [0.1, 0.15) is 52.5 Å². The first-order valence-electron chi connectivity index (χ1n) is 8.19. The molecular weight excluding hydrogens is 288 g/mol. The highest BCUT2D eigenvalue weighted by Crippen LogP contribution is 2.20. The second-order valence-corrected chi connectivity index (χ2v) is 6.83. The normalized spacial score (nSPS) is 13.5. The molecule has 0 spiro atoms. The number of rotatable bonds is 6. The van der Waals surface area contributed by atoms with Gasteiger partial charge in [-0.1, -0.05) is 46.8 Å². The van der Waals surface area contributed by atoms with Crippen LogP contribution < -0.4 is 16.4 Å². The van der Waals surface area contributed by atoms with Crippen LogP contribution in [0.15, 0.2) is 29.3 Å². The van der Waals surface area contributed by atoms with Gasteiger partial charge >= 0.3 is 0 Å². The fourth-order valence-electron chi connectivity index (χ4n) is 1.93. The number of nitrogens with two attached hydrogens (primary N) is 1. The maximum Gasteiger partial charge on any atom is 0.225 e. The molecule has 128 valence electrons. The second-order valence-electron chi connectivity index (χ2n) is 6.83. The van der Waals surface area contributed by atoms with Crippen LogP contribution in [0.3, 0.4) is 0 Å². The molecule has 1 aromatic rings. The van der Waals surface area contributed by atoms with Crippen LogP contribution in [0.5, 0.6) is 0 Å². The number of guanidine groups is 1. The molecule has 0 aliphatic rings. The van der Waals surface area contributed by atoms with Gasteiger partial charge in [0.2, 0.25) is 5.91 Å². The first kappa shape index (κ1) is 19.0. The molecular formula is C18H30N4O. The molecule has 23 heavy (non-hydrogen) atoms. The van der Waals surface area contributed by atoms with Crippen LogP contribution in [0.2, 0.25) is 0 Å². The number of carbonyl (C=O) groups is 1. The maximum atomic E-state index is 11.7. The fourth-order valence-corrected chi connectivity index (χ4v) is 1.93. The van der Waals surface area contributed by atoms with Gasteiger partial charge in [-0.2, -0.15) is 0 Å². The van der Waals surface area contributed by atoms with Crippen molar-refractivity contribution in [3.8, 4) is 0 Å². The number of carbonyl (C=O) groups excluding carboxylic acids is 1. The van der Waals surface area contributed by atoms with E-state index in [1.807, 2.05) is 32.9 Å². The van der Waals surface area contributed by atoms with E-state index in [0.29, 0.717) is 25.0 Å². The van der Waals surface area contributed by atoms with Crippen LogP contribution in [0, 0.1) is 5.41 Å². The summed E-state index contributed by atoms with van der Waals surface area (Å²) in [5, 5.41) is 5.90. The minimum absolute atomic E-state index is 0.0138. The van der Waals surface area contributed by atoms with E-state index in [0.717, 1.165) is 12.1 Å². The van der Waals surface area contributed by atoms with Gasteiger partial charge in [0.15, 0.2) is 5.96 Å². The van der Waals surface area contributed by atoms with Gasteiger partial charge in [-0.15, -0.1) is 0 Å². The Hall–Kier alpha value is -2.04. The topological polar surface area (TPSA) is 79.5 Å². The predicted molar refractivity (Wildman–Crippen MR) is 97.7 cm³/mol. The van der Waals surface area contributed by atoms with Crippen LogP contribution in [0.25, 0.3) is 0 Å². The van der Waals surface area contributed by atoms with Crippen molar-refractivity contribution in [3.63, 3.8) is 0 Å². The Morgan fingerprint density at radius 3 is 2.39 bits per heavy atom. The molecule has 0 saturated carbocycles. The first-order chi connectivity index (χ1) is 10.7. The van der Waals surface area contributed by atoms with Crippen molar-refractivity contribution in [2.24, 2.45) is 16.1 Å². The summed E-state index contributed by atoms with van der Waals surface area (Å²) in [5.74, 6) is 0.924. The number of nitrogens with one attached hydrogen (secondary N) is 2. The molecule has 1 aromatic carbocycles. The van der Waals surface area contributed by atoms with Gasteiger partial charge in [0.1, 0.15) is 0 Å². The van der Waals surface area contributed by atoms with E-state index in [1.54, 1.807) is 0 Å². The Balaban J connectivity index is 2.43. The summed E-state index contributed by atoms with van der Waals surface area (Å²) < 4.78 is 0. The number of hydrogen-bond donors (Lipinski definition) is 3. The average molecular weight is 318 g/mol. The number of hydrogen-bond acceptors (Lipinski definition) is 2. The van der Waals surface area contributed by atoms with E-state index in [4.69, 9.17) is 5.73 Å². The van der Waals surface area contributed by atoms with E-state index in [2.05, 4.69) is 41.6 Å². The largest absolute Gasteiger partial charge is 0.370 e. The predicted octanol–water partition coefficient (Wildman–Crippen LogP) is 3.09. The summed E-state index contributed by atoms with van der Waals surface area (Å²) in [6.07, 6.45) is 1.12. The summed E-state index contributed by atoms with van der Waals surface area (Å²) in [5.41, 5.74) is 7.71. The van der Waals surface area contributed by atoms with Crippen LogP contribution >= 0.6 is 0 Å². The van der Waals surface area contributed by atoms with Crippen molar-refractivity contribution in [1.82, 2.24) is 5.32 Å². The summed E-state index contributed by atoms with van der Waals surface area (Å²) in [6.45, 7) is 11.0. The molecule has 0 bridgehead atoms. The molecule has 5 nitrogen and oxygen atoms in total.